The molecule has 160 valence electrons. The highest BCUT2D eigenvalue weighted by atomic mass is 127. The van der Waals surface area contributed by atoms with Crippen molar-refractivity contribution in [2.24, 2.45) is 4.99 Å². The predicted molar refractivity (Wildman–Crippen MR) is 131 cm³/mol. The Bertz CT molecular complexity index is 736. The van der Waals surface area contributed by atoms with E-state index in [1.165, 1.54) is 5.56 Å². The van der Waals surface area contributed by atoms with E-state index in [4.69, 9.17) is 9.47 Å². The summed E-state index contributed by atoms with van der Waals surface area (Å²) in [4.78, 5) is 6.44. The molecule has 0 saturated heterocycles. The molecular weight excluding hydrogens is 479 g/mol. The number of nitrogens with zero attached hydrogens (tertiary/aromatic N) is 2. The summed E-state index contributed by atoms with van der Waals surface area (Å²) in [5, 5.41) is 6.65. The lowest BCUT2D eigenvalue weighted by Crippen LogP contribution is -2.36. The third-order valence-corrected chi connectivity index (χ3v) is 4.26. The number of hydrogen-bond acceptors (Lipinski definition) is 4. The fourth-order valence-corrected chi connectivity index (χ4v) is 2.71. The van der Waals surface area contributed by atoms with Crippen LogP contribution in [-0.2, 0) is 13.1 Å². The van der Waals surface area contributed by atoms with Crippen LogP contribution in [0.3, 0.4) is 0 Å². The van der Waals surface area contributed by atoms with E-state index in [0.29, 0.717) is 13.1 Å². The number of nitrogens with one attached hydrogen (secondary N) is 2. The van der Waals surface area contributed by atoms with Gasteiger partial charge in [0.15, 0.2) is 5.96 Å². The zero-order chi connectivity index (χ0) is 20.2. The summed E-state index contributed by atoms with van der Waals surface area (Å²) < 4.78 is 11.2. The third-order valence-electron chi connectivity index (χ3n) is 4.26. The molecule has 2 rings (SSSR count). The van der Waals surface area contributed by atoms with Gasteiger partial charge in [0.05, 0.1) is 13.7 Å². The molecule has 0 heterocycles. The third kappa shape index (κ3) is 9.36. The first-order valence-corrected chi connectivity index (χ1v) is 9.55. The van der Waals surface area contributed by atoms with Crippen LogP contribution in [0.2, 0.25) is 0 Å². The van der Waals surface area contributed by atoms with Crippen molar-refractivity contribution in [2.45, 2.75) is 19.5 Å². The van der Waals surface area contributed by atoms with Gasteiger partial charge in [-0.25, -0.2) is 0 Å². The van der Waals surface area contributed by atoms with Crippen LogP contribution in [0.1, 0.15) is 17.5 Å². The summed E-state index contributed by atoms with van der Waals surface area (Å²) in [6.45, 7) is 3.09. The lowest BCUT2D eigenvalue weighted by atomic mass is 10.2. The second-order valence-corrected chi connectivity index (χ2v) is 6.74. The number of rotatable bonds is 10. The molecule has 6 nitrogen and oxygen atoms in total. The highest BCUT2D eigenvalue weighted by molar-refractivity contribution is 14.0. The van der Waals surface area contributed by atoms with Gasteiger partial charge in [-0.2, -0.15) is 0 Å². The van der Waals surface area contributed by atoms with Gasteiger partial charge in [-0.15, -0.1) is 24.0 Å². The van der Waals surface area contributed by atoms with E-state index in [-0.39, 0.29) is 24.0 Å². The molecule has 0 radical (unpaired) electrons. The van der Waals surface area contributed by atoms with E-state index in [0.717, 1.165) is 42.6 Å². The average molecular weight is 512 g/mol. The molecule has 2 N–H and O–H groups in total. The summed E-state index contributed by atoms with van der Waals surface area (Å²) in [6.07, 6.45) is 1.02. The van der Waals surface area contributed by atoms with Crippen molar-refractivity contribution in [3.05, 3.63) is 59.7 Å². The highest BCUT2D eigenvalue weighted by Crippen LogP contribution is 2.16. The average Bonchev–Trinajstić information content (AvgIpc) is 2.72. The van der Waals surface area contributed by atoms with E-state index < -0.39 is 0 Å². The first-order chi connectivity index (χ1) is 13.6. The lowest BCUT2D eigenvalue weighted by molar-refractivity contribution is 0.281. The molecule has 2 aromatic carbocycles. The summed E-state index contributed by atoms with van der Waals surface area (Å²) >= 11 is 0. The van der Waals surface area contributed by atoms with Crippen LogP contribution < -0.4 is 20.1 Å². The molecule has 2 aromatic rings. The van der Waals surface area contributed by atoms with Crippen molar-refractivity contribution in [3.63, 3.8) is 0 Å². The fourth-order valence-electron chi connectivity index (χ4n) is 2.71. The van der Waals surface area contributed by atoms with Crippen LogP contribution in [0.4, 0.5) is 0 Å². The molecule has 0 unspecified atom stereocenters. The van der Waals surface area contributed by atoms with Crippen LogP contribution in [0.15, 0.2) is 53.5 Å². The van der Waals surface area contributed by atoms with Crippen LogP contribution in [0.25, 0.3) is 0 Å². The summed E-state index contributed by atoms with van der Waals surface area (Å²) in [7, 11) is 7.59. The summed E-state index contributed by atoms with van der Waals surface area (Å²) in [5.74, 6) is 2.52. The van der Waals surface area contributed by atoms with E-state index >= 15 is 0 Å². The SMILES string of the molecule is CN=C(NCc1ccc(OCCCN(C)C)cc1)NCc1ccccc1OC.I. The van der Waals surface area contributed by atoms with Gasteiger partial charge in [0.25, 0.3) is 0 Å². The molecule has 0 bridgehead atoms. The minimum atomic E-state index is 0. The van der Waals surface area contributed by atoms with Crippen molar-refractivity contribution in [3.8, 4) is 11.5 Å². The Morgan fingerprint density at radius 2 is 1.69 bits per heavy atom. The van der Waals surface area contributed by atoms with Crippen molar-refractivity contribution < 1.29 is 9.47 Å². The van der Waals surface area contributed by atoms with Crippen LogP contribution in [-0.4, -0.2) is 52.3 Å². The maximum Gasteiger partial charge on any atom is 0.191 e. The topological polar surface area (TPSA) is 58.1 Å². The summed E-state index contributed by atoms with van der Waals surface area (Å²) in [5.41, 5.74) is 2.25. The minimum Gasteiger partial charge on any atom is -0.496 e. The molecule has 7 heteroatoms. The van der Waals surface area contributed by atoms with E-state index in [1.807, 2.05) is 36.4 Å². The number of halogens is 1. The van der Waals surface area contributed by atoms with Gasteiger partial charge < -0.3 is 25.0 Å². The van der Waals surface area contributed by atoms with E-state index in [1.54, 1.807) is 14.2 Å². The molecule has 0 aliphatic carbocycles. The molecule has 0 aromatic heterocycles. The van der Waals surface area contributed by atoms with Crippen molar-refractivity contribution in [2.75, 3.05) is 41.4 Å². The molecule has 0 spiro atoms. The first kappa shape index (κ1) is 25.0. The number of ether oxygens (including phenoxy) is 2. The molecule has 0 aliphatic rings. The standard InChI is InChI=1S/C22H32N4O2.HI/c1-23-22(25-17-19-8-5-6-9-21(19)27-4)24-16-18-10-12-20(13-11-18)28-15-7-14-26(2)3;/h5-6,8-13H,7,14-17H2,1-4H3,(H2,23,24,25);1H. The van der Waals surface area contributed by atoms with Gasteiger partial charge in [-0.3, -0.25) is 4.99 Å². The second kappa shape index (κ2) is 14.1. The molecule has 0 aliphatic heterocycles. The molecular formula is C22H33IN4O2. The van der Waals surface area contributed by atoms with Crippen molar-refractivity contribution in [1.29, 1.82) is 0 Å². The van der Waals surface area contributed by atoms with E-state index in [9.17, 15) is 0 Å². The van der Waals surface area contributed by atoms with E-state index in [2.05, 4.69) is 46.8 Å². The number of aliphatic imine (C=N–C) groups is 1. The van der Waals surface area contributed by atoms with Gasteiger partial charge in [-0.05, 0) is 44.3 Å². The lowest BCUT2D eigenvalue weighted by Gasteiger charge is -2.14. The van der Waals surface area contributed by atoms with Gasteiger partial charge in [0.1, 0.15) is 11.5 Å². The Balaban J connectivity index is 0.00000420. The Morgan fingerprint density at radius 1 is 1.00 bits per heavy atom. The quantitative estimate of drug-likeness (QED) is 0.221. The van der Waals surface area contributed by atoms with Crippen LogP contribution in [0, 0.1) is 0 Å². The first-order valence-electron chi connectivity index (χ1n) is 9.55. The van der Waals surface area contributed by atoms with Crippen LogP contribution >= 0.6 is 24.0 Å². The van der Waals surface area contributed by atoms with Crippen molar-refractivity contribution in [1.82, 2.24) is 15.5 Å². The number of guanidine groups is 1. The Morgan fingerprint density at radius 3 is 2.34 bits per heavy atom. The maximum atomic E-state index is 5.77. The number of methoxy groups -OCH3 is 1. The monoisotopic (exact) mass is 512 g/mol. The Kier molecular flexibility index (Phi) is 12.1. The normalized spacial score (nSPS) is 11.0. The highest BCUT2D eigenvalue weighted by Gasteiger charge is 2.04. The molecule has 0 fully saturated rings. The molecule has 0 amide bonds. The van der Waals surface area contributed by atoms with Gasteiger partial charge in [-0.1, -0.05) is 30.3 Å². The Labute approximate surface area is 191 Å². The van der Waals surface area contributed by atoms with Crippen LogP contribution in [0.5, 0.6) is 11.5 Å². The number of benzene rings is 2. The summed E-state index contributed by atoms with van der Waals surface area (Å²) in [6, 6.07) is 16.1. The maximum absolute atomic E-state index is 5.77. The largest absolute Gasteiger partial charge is 0.496 e. The van der Waals surface area contributed by atoms with Crippen molar-refractivity contribution >= 4 is 29.9 Å². The van der Waals surface area contributed by atoms with Gasteiger partial charge >= 0.3 is 0 Å². The zero-order valence-electron chi connectivity index (χ0n) is 17.8. The number of para-hydroxylation sites is 1. The zero-order valence-corrected chi connectivity index (χ0v) is 20.1. The fraction of sp³-hybridized carbons (Fsp3) is 0.409. The smallest absolute Gasteiger partial charge is 0.191 e. The molecule has 0 atom stereocenters. The van der Waals surface area contributed by atoms with Gasteiger partial charge in [0.2, 0.25) is 0 Å². The van der Waals surface area contributed by atoms with Gasteiger partial charge in [0, 0.05) is 32.2 Å². The minimum absolute atomic E-state index is 0. The Hall–Kier alpha value is -2.00. The number of hydrogen-bond donors (Lipinski definition) is 2. The predicted octanol–water partition coefficient (Wildman–Crippen LogP) is 3.51. The second-order valence-electron chi connectivity index (χ2n) is 6.74. The molecule has 0 saturated carbocycles. The molecule has 29 heavy (non-hydrogen) atoms.